The van der Waals surface area contributed by atoms with E-state index < -0.39 is 11.2 Å². The monoisotopic (exact) mass is 198 g/mol. The van der Waals surface area contributed by atoms with Crippen LogP contribution in [0, 0.1) is 0 Å². The highest BCUT2D eigenvalue weighted by Crippen LogP contribution is 2.33. The predicted octanol–water partition coefficient (Wildman–Crippen LogP) is 1.05. The first-order chi connectivity index (χ1) is 6.33. The van der Waals surface area contributed by atoms with Crippen LogP contribution < -0.4 is 0 Å². The van der Waals surface area contributed by atoms with Crippen molar-refractivity contribution in [3.05, 3.63) is 18.2 Å². The average molecular weight is 198 g/mol. The molecular weight excluding hydrogens is 180 g/mol. The van der Waals surface area contributed by atoms with Crippen LogP contribution >= 0.6 is 0 Å². The van der Waals surface area contributed by atoms with Crippen molar-refractivity contribution in [1.82, 2.24) is 9.55 Å². The van der Waals surface area contributed by atoms with Crippen LogP contribution in [-0.4, -0.2) is 27.4 Å². The Hall–Kier alpha value is -0.870. The molecule has 0 aromatic carbocycles. The Balaban J connectivity index is 3.14. The third-order valence-electron chi connectivity index (χ3n) is 2.94. The maximum Gasteiger partial charge on any atom is 0.148 e. The largest absolute Gasteiger partial charge is 0.379 e. The number of aliphatic hydroxyl groups is 1. The Labute approximate surface area is 84.5 Å². The Bertz CT molecular complexity index is 316. The fourth-order valence-electron chi connectivity index (χ4n) is 1.30. The van der Waals surface area contributed by atoms with Gasteiger partial charge < -0.3 is 14.4 Å². The molecule has 0 saturated carbocycles. The summed E-state index contributed by atoms with van der Waals surface area (Å²) in [4.78, 5) is 4.13. The van der Waals surface area contributed by atoms with Gasteiger partial charge in [-0.2, -0.15) is 0 Å². The topological polar surface area (TPSA) is 47.3 Å². The van der Waals surface area contributed by atoms with Crippen LogP contribution in [-0.2, 0) is 17.4 Å². The van der Waals surface area contributed by atoms with Crippen molar-refractivity contribution < 1.29 is 9.84 Å². The van der Waals surface area contributed by atoms with E-state index in [0.717, 1.165) is 0 Å². The summed E-state index contributed by atoms with van der Waals surface area (Å²) in [6, 6.07) is 0. The van der Waals surface area contributed by atoms with Gasteiger partial charge in [0.1, 0.15) is 11.4 Å². The molecule has 1 aromatic heterocycles. The van der Waals surface area contributed by atoms with Gasteiger partial charge in [-0.15, -0.1) is 0 Å². The van der Waals surface area contributed by atoms with Gasteiger partial charge in [0.05, 0.1) is 5.60 Å². The summed E-state index contributed by atoms with van der Waals surface area (Å²) >= 11 is 0. The van der Waals surface area contributed by atoms with Crippen LogP contribution in [0.15, 0.2) is 12.4 Å². The van der Waals surface area contributed by atoms with E-state index in [1.54, 1.807) is 31.0 Å². The molecule has 0 bridgehead atoms. The predicted molar refractivity (Wildman–Crippen MR) is 53.9 cm³/mol. The molecule has 4 nitrogen and oxygen atoms in total. The van der Waals surface area contributed by atoms with Crippen molar-refractivity contribution in [3.63, 3.8) is 0 Å². The van der Waals surface area contributed by atoms with E-state index in [4.69, 9.17) is 4.74 Å². The van der Waals surface area contributed by atoms with Crippen LogP contribution in [0.1, 0.15) is 26.6 Å². The fraction of sp³-hybridized carbons (Fsp3) is 0.700. The van der Waals surface area contributed by atoms with Gasteiger partial charge >= 0.3 is 0 Å². The molecule has 1 heterocycles. The van der Waals surface area contributed by atoms with Gasteiger partial charge in [0.15, 0.2) is 0 Å². The van der Waals surface area contributed by atoms with Crippen molar-refractivity contribution in [3.8, 4) is 0 Å². The molecule has 0 saturated heterocycles. The molecule has 0 radical (unpaired) electrons. The summed E-state index contributed by atoms with van der Waals surface area (Å²) in [6.45, 7) is 5.38. The van der Waals surface area contributed by atoms with Crippen molar-refractivity contribution in [2.45, 2.75) is 32.0 Å². The molecule has 0 aliphatic carbocycles. The van der Waals surface area contributed by atoms with E-state index in [-0.39, 0.29) is 0 Å². The third kappa shape index (κ3) is 1.55. The number of rotatable bonds is 3. The number of hydrogen-bond acceptors (Lipinski definition) is 3. The van der Waals surface area contributed by atoms with Crippen LogP contribution in [0.2, 0.25) is 0 Å². The minimum atomic E-state index is -1.11. The molecule has 1 atom stereocenters. The van der Waals surface area contributed by atoms with Gasteiger partial charge in [0.2, 0.25) is 0 Å². The molecule has 14 heavy (non-hydrogen) atoms. The number of methoxy groups -OCH3 is 1. The molecule has 0 fully saturated rings. The standard InChI is InChI=1S/C10H18N2O2/c1-9(2,14-5)10(3,13)8-11-6-7-12(8)4/h6-7,13H,1-5H3. The SMILES string of the molecule is COC(C)(C)C(C)(O)c1nccn1C. The molecule has 4 heteroatoms. The first-order valence-corrected chi connectivity index (χ1v) is 4.58. The number of ether oxygens (including phenoxy) is 1. The van der Waals surface area contributed by atoms with Crippen LogP contribution in [0.4, 0.5) is 0 Å². The zero-order valence-electron chi connectivity index (χ0n) is 9.40. The smallest absolute Gasteiger partial charge is 0.148 e. The Kier molecular flexibility index (Phi) is 2.69. The zero-order chi connectivity index (χ0) is 11.0. The molecule has 80 valence electrons. The lowest BCUT2D eigenvalue weighted by Crippen LogP contribution is -2.48. The highest BCUT2D eigenvalue weighted by Gasteiger charge is 2.43. The van der Waals surface area contributed by atoms with Gasteiger partial charge in [-0.05, 0) is 20.8 Å². The second kappa shape index (κ2) is 3.37. The lowest BCUT2D eigenvalue weighted by atomic mass is 9.86. The van der Waals surface area contributed by atoms with Crippen molar-refractivity contribution in [2.75, 3.05) is 7.11 Å². The molecule has 1 unspecified atom stereocenters. The van der Waals surface area contributed by atoms with Crippen LogP contribution in [0.5, 0.6) is 0 Å². The Morgan fingerprint density at radius 3 is 2.36 bits per heavy atom. The lowest BCUT2D eigenvalue weighted by molar-refractivity contribution is -0.151. The van der Waals surface area contributed by atoms with Gasteiger partial charge in [-0.25, -0.2) is 4.98 Å². The van der Waals surface area contributed by atoms with E-state index in [9.17, 15) is 5.11 Å². The first kappa shape index (κ1) is 11.2. The summed E-state index contributed by atoms with van der Waals surface area (Å²) in [5, 5.41) is 10.4. The highest BCUT2D eigenvalue weighted by atomic mass is 16.5. The van der Waals surface area contributed by atoms with Crippen molar-refractivity contribution in [1.29, 1.82) is 0 Å². The normalized spacial score (nSPS) is 16.7. The Morgan fingerprint density at radius 1 is 1.43 bits per heavy atom. The minimum Gasteiger partial charge on any atom is -0.379 e. The lowest BCUT2D eigenvalue weighted by Gasteiger charge is -2.38. The molecule has 1 N–H and O–H groups in total. The van der Waals surface area contributed by atoms with E-state index >= 15 is 0 Å². The van der Waals surface area contributed by atoms with Gasteiger partial charge in [0.25, 0.3) is 0 Å². The molecule has 0 amide bonds. The highest BCUT2D eigenvalue weighted by molar-refractivity contribution is 5.09. The number of imidazole rings is 1. The minimum absolute atomic E-state index is 0.601. The Morgan fingerprint density at radius 2 is 2.00 bits per heavy atom. The third-order valence-corrected chi connectivity index (χ3v) is 2.94. The van der Waals surface area contributed by atoms with Gasteiger partial charge in [0, 0.05) is 26.6 Å². The molecule has 1 aromatic rings. The van der Waals surface area contributed by atoms with E-state index in [2.05, 4.69) is 4.98 Å². The number of nitrogens with zero attached hydrogens (tertiary/aromatic N) is 2. The summed E-state index contributed by atoms with van der Waals surface area (Å²) in [7, 11) is 3.43. The molecular formula is C10H18N2O2. The summed E-state index contributed by atoms with van der Waals surface area (Å²) in [5.41, 5.74) is -1.79. The fourth-order valence-corrected chi connectivity index (χ4v) is 1.30. The number of aryl methyl sites for hydroxylation is 1. The van der Waals surface area contributed by atoms with Crippen LogP contribution in [0.25, 0.3) is 0 Å². The number of hydrogen-bond donors (Lipinski definition) is 1. The first-order valence-electron chi connectivity index (χ1n) is 4.58. The molecule has 1 rings (SSSR count). The maximum absolute atomic E-state index is 10.4. The molecule has 0 aliphatic heterocycles. The average Bonchev–Trinajstić information content (AvgIpc) is 2.51. The second-order valence-corrected chi connectivity index (χ2v) is 4.15. The van der Waals surface area contributed by atoms with E-state index in [1.165, 1.54) is 0 Å². The van der Waals surface area contributed by atoms with E-state index in [0.29, 0.717) is 5.82 Å². The quantitative estimate of drug-likeness (QED) is 0.789. The van der Waals surface area contributed by atoms with Crippen molar-refractivity contribution in [2.24, 2.45) is 7.05 Å². The number of aromatic nitrogens is 2. The zero-order valence-corrected chi connectivity index (χ0v) is 9.40. The molecule has 0 spiro atoms. The maximum atomic E-state index is 10.4. The summed E-state index contributed by atoms with van der Waals surface area (Å²) < 4.78 is 7.07. The van der Waals surface area contributed by atoms with E-state index in [1.807, 2.05) is 20.9 Å². The summed E-state index contributed by atoms with van der Waals surface area (Å²) in [5.74, 6) is 0.601. The van der Waals surface area contributed by atoms with Gasteiger partial charge in [-0.3, -0.25) is 0 Å². The second-order valence-electron chi connectivity index (χ2n) is 4.15. The van der Waals surface area contributed by atoms with Gasteiger partial charge in [-0.1, -0.05) is 0 Å². The summed E-state index contributed by atoms with van der Waals surface area (Å²) in [6.07, 6.45) is 3.46. The van der Waals surface area contributed by atoms with Crippen LogP contribution in [0.3, 0.4) is 0 Å². The van der Waals surface area contributed by atoms with Crippen molar-refractivity contribution >= 4 is 0 Å². The molecule has 0 aliphatic rings.